The Kier molecular flexibility index (Phi) is 6.59. The third-order valence-corrected chi connectivity index (χ3v) is 6.07. The Bertz CT molecular complexity index is 1400. The van der Waals surface area contributed by atoms with Gasteiger partial charge in [0.05, 0.1) is 28.5 Å². The number of nitrogens with zero attached hydrogens (tertiary/aromatic N) is 4. The van der Waals surface area contributed by atoms with Gasteiger partial charge >= 0.3 is 6.09 Å². The summed E-state index contributed by atoms with van der Waals surface area (Å²) >= 11 is 6.44. The van der Waals surface area contributed by atoms with Crippen LogP contribution in [0.25, 0.3) is 10.9 Å². The van der Waals surface area contributed by atoms with Crippen LogP contribution >= 0.6 is 11.6 Å². The molecule has 1 aliphatic rings. The van der Waals surface area contributed by atoms with Gasteiger partial charge in [-0.15, -0.1) is 0 Å². The number of hydrogen-bond donors (Lipinski definition) is 3. The topological polar surface area (TPSA) is 136 Å². The maximum absolute atomic E-state index is 11.2. The monoisotopic (exact) mass is 506 g/mol. The molecule has 0 radical (unpaired) electrons. The highest BCUT2D eigenvalue weighted by atomic mass is 35.5. The number of likely N-dealkylation sites (tertiary alicyclic amines) is 1. The van der Waals surface area contributed by atoms with E-state index in [-0.39, 0.29) is 6.10 Å². The van der Waals surface area contributed by atoms with Gasteiger partial charge in [0.1, 0.15) is 36.4 Å². The number of amides is 1. The van der Waals surface area contributed by atoms with Crippen molar-refractivity contribution in [2.45, 2.75) is 19.1 Å². The zero-order valence-electron chi connectivity index (χ0n) is 19.1. The van der Waals surface area contributed by atoms with Crippen LogP contribution in [-0.2, 0) is 6.61 Å². The molecule has 0 spiro atoms. The average Bonchev–Trinajstić information content (AvgIpc) is 3.34. The Balaban J connectivity index is 1.31. The molecule has 2 aromatic heterocycles. The van der Waals surface area contributed by atoms with E-state index >= 15 is 0 Å². The highest BCUT2D eigenvalue weighted by molar-refractivity contribution is 6.32. The molecule has 3 heterocycles. The Morgan fingerprint density at radius 2 is 2.06 bits per heavy atom. The normalized spacial score (nSPS) is 15.1. The maximum Gasteiger partial charge on any atom is 0.407 e. The van der Waals surface area contributed by atoms with Gasteiger partial charge in [0.25, 0.3) is 0 Å². The fourth-order valence-electron chi connectivity index (χ4n) is 3.95. The van der Waals surface area contributed by atoms with Crippen LogP contribution in [0.5, 0.6) is 11.5 Å². The van der Waals surface area contributed by atoms with E-state index in [4.69, 9.17) is 31.9 Å². The van der Waals surface area contributed by atoms with Gasteiger partial charge < -0.3 is 30.5 Å². The number of benzene rings is 2. The molecule has 36 heavy (non-hydrogen) atoms. The summed E-state index contributed by atoms with van der Waals surface area (Å²) in [6.07, 6.45) is 2.54. The number of anilines is 3. The lowest BCUT2D eigenvalue weighted by atomic mass is 10.2. The summed E-state index contributed by atoms with van der Waals surface area (Å²) in [7, 11) is 0. The molecule has 0 saturated carbocycles. The molecule has 1 atom stereocenters. The summed E-state index contributed by atoms with van der Waals surface area (Å²) in [5.74, 6) is 1.55. The van der Waals surface area contributed by atoms with Crippen LogP contribution in [-0.4, -0.2) is 50.2 Å². The van der Waals surface area contributed by atoms with Crippen LogP contribution in [0.2, 0.25) is 5.02 Å². The van der Waals surface area contributed by atoms with E-state index in [1.54, 1.807) is 30.5 Å². The third-order valence-electron chi connectivity index (χ3n) is 5.77. The number of rotatable bonds is 7. The van der Waals surface area contributed by atoms with Crippen molar-refractivity contribution < 1.29 is 19.4 Å². The third kappa shape index (κ3) is 5.18. The van der Waals surface area contributed by atoms with Gasteiger partial charge in [-0.05, 0) is 36.4 Å². The van der Waals surface area contributed by atoms with Crippen LogP contribution < -0.4 is 20.5 Å². The fourth-order valence-corrected chi connectivity index (χ4v) is 4.18. The molecule has 184 valence electrons. The van der Waals surface area contributed by atoms with Gasteiger partial charge in [-0.25, -0.2) is 14.8 Å². The molecule has 10 nitrogen and oxygen atoms in total. The number of aromatic nitrogens is 3. The van der Waals surface area contributed by atoms with Gasteiger partial charge in [0, 0.05) is 36.3 Å². The molecule has 0 bridgehead atoms. The molecule has 1 aliphatic heterocycles. The van der Waals surface area contributed by atoms with E-state index in [2.05, 4.69) is 20.3 Å². The van der Waals surface area contributed by atoms with Crippen molar-refractivity contribution in [2.75, 3.05) is 24.1 Å². The van der Waals surface area contributed by atoms with Crippen molar-refractivity contribution in [3.63, 3.8) is 0 Å². The first-order chi connectivity index (χ1) is 17.5. The molecule has 1 amide bonds. The van der Waals surface area contributed by atoms with Gasteiger partial charge in [0.15, 0.2) is 0 Å². The number of pyridine rings is 1. The van der Waals surface area contributed by atoms with Crippen molar-refractivity contribution in [3.05, 3.63) is 71.8 Å². The minimum absolute atomic E-state index is 0.263. The summed E-state index contributed by atoms with van der Waals surface area (Å²) in [6, 6.07) is 14.5. The Morgan fingerprint density at radius 3 is 2.81 bits per heavy atom. The van der Waals surface area contributed by atoms with E-state index in [1.165, 1.54) is 11.2 Å². The molecule has 11 heteroatoms. The zero-order valence-corrected chi connectivity index (χ0v) is 19.9. The van der Waals surface area contributed by atoms with Crippen molar-refractivity contribution in [1.82, 2.24) is 19.9 Å². The lowest BCUT2D eigenvalue weighted by Crippen LogP contribution is -2.29. The number of ether oxygens (including phenoxy) is 2. The first kappa shape index (κ1) is 23.4. The molecule has 4 N–H and O–H groups in total. The number of fused-ring (bicyclic) bond motifs is 1. The molecule has 0 aliphatic carbocycles. The predicted octanol–water partition coefficient (Wildman–Crippen LogP) is 4.71. The quantitative estimate of drug-likeness (QED) is 0.304. The highest BCUT2D eigenvalue weighted by Crippen LogP contribution is 2.34. The Hall–Kier alpha value is -4.31. The van der Waals surface area contributed by atoms with Crippen molar-refractivity contribution >= 4 is 45.8 Å². The molecule has 1 fully saturated rings. The van der Waals surface area contributed by atoms with Crippen LogP contribution in [0.1, 0.15) is 12.1 Å². The molecule has 4 aromatic rings. The smallest absolute Gasteiger partial charge is 0.407 e. The Labute approximate surface area is 211 Å². The molecular formula is C25H23ClN6O4. The molecule has 5 rings (SSSR count). The summed E-state index contributed by atoms with van der Waals surface area (Å²) in [5, 5.41) is 13.6. The number of carbonyl (C=O) groups is 1. The standard InChI is InChI=1S/C25H23ClN6O4/c26-19-9-15(4-5-22(19)35-13-16-3-1-2-7-28-16)31-24-18-10-20(27)23(11-21(18)29-14-30-24)36-17-6-8-32(12-17)25(33)34/h1-5,7,9-11,14,17H,6,8,12-13,27H2,(H,33,34)(H,29,30,31)/t17-/m0/s1. The number of halogens is 1. The number of nitrogens with one attached hydrogen (secondary N) is 1. The molecular weight excluding hydrogens is 484 g/mol. The van der Waals surface area contributed by atoms with E-state index in [9.17, 15) is 4.79 Å². The van der Waals surface area contributed by atoms with E-state index < -0.39 is 6.09 Å². The van der Waals surface area contributed by atoms with E-state index in [0.29, 0.717) is 70.7 Å². The lowest BCUT2D eigenvalue weighted by molar-refractivity contribution is 0.146. The predicted molar refractivity (Wildman–Crippen MR) is 136 cm³/mol. The summed E-state index contributed by atoms with van der Waals surface area (Å²) in [4.78, 5) is 25.4. The fraction of sp³-hybridized carbons (Fsp3) is 0.200. The van der Waals surface area contributed by atoms with Crippen LogP contribution in [0.15, 0.2) is 61.1 Å². The van der Waals surface area contributed by atoms with Gasteiger partial charge in [-0.2, -0.15) is 0 Å². The van der Waals surface area contributed by atoms with Gasteiger partial charge in [-0.3, -0.25) is 4.98 Å². The van der Waals surface area contributed by atoms with Gasteiger partial charge in [-0.1, -0.05) is 17.7 Å². The average molecular weight is 507 g/mol. The Morgan fingerprint density at radius 1 is 1.17 bits per heavy atom. The first-order valence-corrected chi connectivity index (χ1v) is 11.6. The van der Waals surface area contributed by atoms with Crippen LogP contribution in [0, 0.1) is 0 Å². The largest absolute Gasteiger partial charge is 0.486 e. The lowest BCUT2D eigenvalue weighted by Gasteiger charge is -2.17. The maximum atomic E-state index is 11.2. The molecule has 2 aromatic carbocycles. The van der Waals surface area contributed by atoms with E-state index in [1.807, 2.05) is 24.3 Å². The molecule has 0 unspecified atom stereocenters. The number of hydrogen-bond acceptors (Lipinski definition) is 8. The van der Waals surface area contributed by atoms with Crippen LogP contribution in [0.4, 0.5) is 22.0 Å². The zero-order chi connectivity index (χ0) is 25.1. The second-order valence-corrected chi connectivity index (χ2v) is 8.67. The minimum Gasteiger partial charge on any atom is -0.486 e. The second-order valence-electron chi connectivity index (χ2n) is 8.27. The van der Waals surface area contributed by atoms with Crippen molar-refractivity contribution in [3.8, 4) is 11.5 Å². The van der Waals surface area contributed by atoms with Gasteiger partial charge in [0.2, 0.25) is 0 Å². The van der Waals surface area contributed by atoms with Crippen LogP contribution in [0.3, 0.4) is 0 Å². The SMILES string of the molecule is Nc1cc2c(Nc3ccc(OCc4ccccn4)c(Cl)c3)ncnc2cc1O[C@H]1CCN(C(=O)O)C1. The minimum atomic E-state index is -0.955. The number of carboxylic acid groups (broad SMARTS) is 1. The number of nitrogens with two attached hydrogens (primary N) is 1. The summed E-state index contributed by atoms with van der Waals surface area (Å²) in [6.45, 7) is 1.04. The van der Waals surface area contributed by atoms with Crippen molar-refractivity contribution in [1.29, 1.82) is 0 Å². The number of nitrogen functional groups attached to an aromatic ring is 1. The first-order valence-electron chi connectivity index (χ1n) is 11.2. The molecule has 1 saturated heterocycles. The summed E-state index contributed by atoms with van der Waals surface area (Å²) in [5.41, 5.74) is 8.82. The highest BCUT2D eigenvalue weighted by Gasteiger charge is 2.28. The summed E-state index contributed by atoms with van der Waals surface area (Å²) < 4.78 is 11.8. The van der Waals surface area contributed by atoms with E-state index in [0.717, 1.165) is 5.69 Å². The second kappa shape index (κ2) is 10.1. The van der Waals surface area contributed by atoms with Crippen molar-refractivity contribution in [2.24, 2.45) is 0 Å².